The molecule has 4 nitrogen and oxygen atoms in total. The average Bonchev–Trinajstić information content (AvgIpc) is 2.20. The molecule has 4 heteroatoms. The molecule has 1 fully saturated rings. The molecule has 0 spiro atoms. The molecule has 0 aromatic heterocycles. The monoisotopic (exact) mass is 199 g/mol. The second-order valence-corrected chi connectivity index (χ2v) is 3.82. The smallest absolute Gasteiger partial charge is 0.317 e. The van der Waals surface area contributed by atoms with Crippen LogP contribution in [0.25, 0.3) is 0 Å². The Labute approximate surface area is 86.0 Å². The van der Waals surface area contributed by atoms with Gasteiger partial charge in [0.25, 0.3) is 0 Å². The van der Waals surface area contributed by atoms with E-state index in [2.05, 4.69) is 10.6 Å². The van der Waals surface area contributed by atoms with Gasteiger partial charge in [0.2, 0.25) is 0 Å². The number of hydrogen-bond donors (Lipinski definition) is 2. The molecule has 82 valence electrons. The Bertz CT molecular complexity index is 176. The van der Waals surface area contributed by atoms with E-state index in [1.165, 1.54) is 0 Å². The van der Waals surface area contributed by atoms with Gasteiger partial charge in [-0.2, -0.15) is 0 Å². The van der Waals surface area contributed by atoms with Crippen LogP contribution in [0.3, 0.4) is 0 Å². The van der Waals surface area contributed by atoms with Gasteiger partial charge in [0.05, 0.1) is 0 Å². The van der Waals surface area contributed by atoms with Crippen molar-refractivity contribution < 1.29 is 4.79 Å². The lowest BCUT2D eigenvalue weighted by Crippen LogP contribution is -2.45. The van der Waals surface area contributed by atoms with Gasteiger partial charge in [-0.1, -0.05) is 0 Å². The summed E-state index contributed by atoms with van der Waals surface area (Å²) in [5, 5.41) is 6.02. The molecule has 0 unspecified atom stereocenters. The lowest BCUT2D eigenvalue weighted by atomic mass is 9.97. The van der Waals surface area contributed by atoms with E-state index in [-0.39, 0.29) is 6.03 Å². The largest absolute Gasteiger partial charge is 0.338 e. The highest BCUT2D eigenvalue weighted by Crippen LogP contribution is 2.15. The van der Waals surface area contributed by atoms with Crippen LogP contribution in [0.5, 0.6) is 0 Å². The van der Waals surface area contributed by atoms with Crippen LogP contribution in [0, 0.1) is 5.92 Å². The molecule has 0 atom stereocenters. The molecule has 0 bridgehead atoms. The third kappa shape index (κ3) is 3.18. The fourth-order valence-corrected chi connectivity index (χ4v) is 1.89. The molecule has 2 N–H and O–H groups in total. The number of nitrogens with zero attached hydrogens (tertiary/aromatic N) is 1. The summed E-state index contributed by atoms with van der Waals surface area (Å²) in [5.41, 5.74) is 0. The number of carbonyl (C=O) groups is 1. The molecular weight excluding hydrogens is 178 g/mol. The average molecular weight is 199 g/mol. The first kappa shape index (κ1) is 11.3. The molecule has 0 radical (unpaired) electrons. The minimum absolute atomic E-state index is 0.0930. The van der Waals surface area contributed by atoms with Crippen molar-refractivity contribution in [1.82, 2.24) is 15.5 Å². The van der Waals surface area contributed by atoms with E-state index in [1.54, 1.807) is 0 Å². The molecule has 0 aliphatic carbocycles. The highest BCUT2D eigenvalue weighted by molar-refractivity contribution is 5.74. The molecule has 2 amide bonds. The Balaban J connectivity index is 2.24. The van der Waals surface area contributed by atoms with E-state index < -0.39 is 0 Å². The molecule has 1 aliphatic rings. The highest BCUT2D eigenvalue weighted by Gasteiger charge is 2.21. The van der Waals surface area contributed by atoms with Crippen LogP contribution in [0.4, 0.5) is 4.79 Å². The summed E-state index contributed by atoms with van der Waals surface area (Å²) in [5.74, 6) is 0.741. The highest BCUT2D eigenvalue weighted by atomic mass is 16.2. The molecule has 1 rings (SSSR count). The number of carbonyl (C=O) groups excluding carboxylic acids is 1. The second kappa shape index (κ2) is 5.86. The van der Waals surface area contributed by atoms with Crippen molar-refractivity contribution in [2.75, 3.05) is 33.2 Å². The summed E-state index contributed by atoms with van der Waals surface area (Å²) in [6.45, 7) is 5.54. The summed E-state index contributed by atoms with van der Waals surface area (Å²) >= 11 is 0. The van der Waals surface area contributed by atoms with Gasteiger partial charge in [0.15, 0.2) is 0 Å². The zero-order chi connectivity index (χ0) is 10.4. The van der Waals surface area contributed by atoms with E-state index in [9.17, 15) is 4.79 Å². The van der Waals surface area contributed by atoms with Gasteiger partial charge < -0.3 is 15.5 Å². The summed E-state index contributed by atoms with van der Waals surface area (Å²) in [7, 11) is 1.98. The summed E-state index contributed by atoms with van der Waals surface area (Å²) in [6.07, 6.45) is 2.25. The molecular formula is C10H21N3O. The van der Waals surface area contributed by atoms with E-state index in [0.717, 1.165) is 44.9 Å². The van der Waals surface area contributed by atoms with E-state index >= 15 is 0 Å². The molecule has 1 heterocycles. The standard InChI is InChI=1S/C10H21N3O/c1-3-12-10(14)13-6-4-9(5-7-13)8-11-2/h9,11H,3-8H2,1-2H3,(H,12,14). The Kier molecular flexibility index (Phi) is 4.73. The lowest BCUT2D eigenvalue weighted by molar-refractivity contribution is 0.171. The Morgan fingerprint density at radius 2 is 2.07 bits per heavy atom. The zero-order valence-electron chi connectivity index (χ0n) is 9.18. The number of piperidine rings is 1. The fourth-order valence-electron chi connectivity index (χ4n) is 1.89. The van der Waals surface area contributed by atoms with Gasteiger partial charge in [-0.15, -0.1) is 0 Å². The number of amides is 2. The predicted octanol–water partition coefficient (Wildman–Crippen LogP) is 0.647. The van der Waals surface area contributed by atoms with E-state index in [1.807, 2.05) is 18.9 Å². The fraction of sp³-hybridized carbons (Fsp3) is 0.900. The van der Waals surface area contributed by atoms with E-state index in [4.69, 9.17) is 0 Å². The number of likely N-dealkylation sites (tertiary alicyclic amines) is 1. The van der Waals surface area contributed by atoms with Gasteiger partial charge in [0, 0.05) is 19.6 Å². The van der Waals surface area contributed by atoms with Crippen LogP contribution in [-0.4, -0.2) is 44.2 Å². The quantitative estimate of drug-likeness (QED) is 0.701. The van der Waals surface area contributed by atoms with Crippen molar-refractivity contribution in [2.24, 2.45) is 5.92 Å². The first-order valence-corrected chi connectivity index (χ1v) is 5.45. The third-order valence-corrected chi connectivity index (χ3v) is 2.72. The van der Waals surface area contributed by atoms with Crippen LogP contribution in [-0.2, 0) is 0 Å². The van der Waals surface area contributed by atoms with Crippen molar-refractivity contribution in [3.8, 4) is 0 Å². The van der Waals surface area contributed by atoms with Gasteiger partial charge in [-0.3, -0.25) is 0 Å². The van der Waals surface area contributed by atoms with Crippen molar-refractivity contribution in [3.63, 3.8) is 0 Å². The predicted molar refractivity (Wildman–Crippen MR) is 57.3 cm³/mol. The summed E-state index contributed by atoms with van der Waals surface area (Å²) < 4.78 is 0. The van der Waals surface area contributed by atoms with Gasteiger partial charge >= 0.3 is 6.03 Å². The van der Waals surface area contributed by atoms with Crippen LogP contribution < -0.4 is 10.6 Å². The van der Waals surface area contributed by atoms with Crippen molar-refractivity contribution in [1.29, 1.82) is 0 Å². The van der Waals surface area contributed by atoms with Crippen LogP contribution >= 0.6 is 0 Å². The van der Waals surface area contributed by atoms with E-state index in [0.29, 0.717) is 0 Å². The molecule has 1 aliphatic heterocycles. The number of nitrogens with one attached hydrogen (secondary N) is 2. The maximum Gasteiger partial charge on any atom is 0.317 e. The molecule has 14 heavy (non-hydrogen) atoms. The maximum absolute atomic E-state index is 11.5. The summed E-state index contributed by atoms with van der Waals surface area (Å²) in [4.78, 5) is 13.4. The van der Waals surface area contributed by atoms with Crippen molar-refractivity contribution in [3.05, 3.63) is 0 Å². The van der Waals surface area contributed by atoms with Gasteiger partial charge in [-0.25, -0.2) is 4.79 Å². The second-order valence-electron chi connectivity index (χ2n) is 3.82. The normalized spacial score (nSPS) is 18.3. The van der Waals surface area contributed by atoms with Crippen molar-refractivity contribution >= 4 is 6.03 Å². The maximum atomic E-state index is 11.5. The number of rotatable bonds is 3. The first-order valence-electron chi connectivity index (χ1n) is 5.45. The van der Waals surface area contributed by atoms with Crippen LogP contribution in [0.2, 0.25) is 0 Å². The molecule has 1 saturated heterocycles. The van der Waals surface area contributed by atoms with Crippen LogP contribution in [0.15, 0.2) is 0 Å². The van der Waals surface area contributed by atoms with Gasteiger partial charge in [0.1, 0.15) is 0 Å². The topological polar surface area (TPSA) is 44.4 Å². The summed E-state index contributed by atoms with van der Waals surface area (Å²) in [6, 6.07) is 0.0930. The number of hydrogen-bond acceptors (Lipinski definition) is 2. The molecule has 0 aromatic rings. The minimum atomic E-state index is 0.0930. The molecule has 0 saturated carbocycles. The van der Waals surface area contributed by atoms with Crippen LogP contribution in [0.1, 0.15) is 19.8 Å². The van der Waals surface area contributed by atoms with Crippen molar-refractivity contribution in [2.45, 2.75) is 19.8 Å². The first-order chi connectivity index (χ1) is 6.77. The Morgan fingerprint density at radius 1 is 1.43 bits per heavy atom. The van der Waals surface area contributed by atoms with Gasteiger partial charge in [-0.05, 0) is 39.3 Å². The Morgan fingerprint density at radius 3 is 2.57 bits per heavy atom. The number of urea groups is 1. The molecule has 0 aromatic carbocycles. The minimum Gasteiger partial charge on any atom is -0.338 e. The third-order valence-electron chi connectivity index (χ3n) is 2.72. The lowest BCUT2D eigenvalue weighted by Gasteiger charge is -2.31. The Hall–Kier alpha value is -0.770. The zero-order valence-corrected chi connectivity index (χ0v) is 9.18. The SMILES string of the molecule is CCNC(=O)N1CCC(CNC)CC1.